The van der Waals surface area contributed by atoms with Gasteiger partial charge in [0.2, 0.25) is 0 Å². The number of thiazole rings is 1. The third-order valence-corrected chi connectivity index (χ3v) is 4.72. The van der Waals surface area contributed by atoms with Gasteiger partial charge in [-0.05, 0) is 38.1 Å². The third kappa shape index (κ3) is 6.73. The van der Waals surface area contributed by atoms with Gasteiger partial charge in [0.05, 0.1) is 24.9 Å². The van der Waals surface area contributed by atoms with Crippen molar-refractivity contribution in [3.8, 4) is 16.3 Å². The van der Waals surface area contributed by atoms with E-state index in [4.69, 9.17) is 9.47 Å². The molecule has 26 heavy (non-hydrogen) atoms. The van der Waals surface area contributed by atoms with Gasteiger partial charge in [0.15, 0.2) is 5.96 Å². The maximum Gasteiger partial charge on any atom is 0.191 e. The number of nitrogens with one attached hydrogen (secondary N) is 2. The lowest BCUT2D eigenvalue weighted by molar-refractivity contribution is 0.0268. The Morgan fingerprint density at radius 3 is 2.46 bits per heavy atom. The summed E-state index contributed by atoms with van der Waals surface area (Å²) in [6.07, 6.45) is 0. The van der Waals surface area contributed by atoms with Gasteiger partial charge < -0.3 is 20.1 Å². The summed E-state index contributed by atoms with van der Waals surface area (Å²) in [6, 6.07) is 7.92. The lowest BCUT2D eigenvalue weighted by Gasteiger charge is -2.24. The number of hydrogen-bond donors (Lipinski definition) is 2. The second kappa shape index (κ2) is 10.7. The number of benzene rings is 1. The molecule has 0 unspecified atom stereocenters. The van der Waals surface area contributed by atoms with Gasteiger partial charge in [0.25, 0.3) is 0 Å². The minimum Gasteiger partial charge on any atom is -0.497 e. The van der Waals surface area contributed by atoms with Crippen molar-refractivity contribution < 1.29 is 9.47 Å². The number of halogens is 1. The van der Waals surface area contributed by atoms with E-state index in [0.29, 0.717) is 13.1 Å². The number of ether oxygens (including phenoxy) is 2. The molecule has 2 N–H and O–H groups in total. The van der Waals surface area contributed by atoms with Gasteiger partial charge in [-0.15, -0.1) is 35.3 Å². The first-order valence-corrected chi connectivity index (χ1v) is 8.94. The number of guanidine groups is 1. The minimum atomic E-state index is -0.250. The normalized spacial score (nSPS) is 11.7. The number of nitrogens with zero attached hydrogens (tertiary/aromatic N) is 2. The standard InChI is InChI=1S/C18H26N4O2S.HI/c1-18(2,24-5)12-21-17(19-3)20-10-14-11-25-16(22-14)13-6-8-15(23-4)9-7-13;/h6-9,11H,10,12H2,1-5H3,(H2,19,20,21);1H. The molecular formula is C18H27IN4O2S. The molecule has 0 amide bonds. The van der Waals surface area contributed by atoms with Crippen molar-refractivity contribution in [3.05, 3.63) is 35.3 Å². The van der Waals surface area contributed by atoms with E-state index in [1.807, 2.05) is 38.1 Å². The summed E-state index contributed by atoms with van der Waals surface area (Å²) in [5.41, 5.74) is 1.81. The Labute approximate surface area is 176 Å². The number of aromatic nitrogens is 1. The lowest BCUT2D eigenvalue weighted by atomic mass is 10.1. The molecule has 2 aromatic rings. The highest BCUT2D eigenvalue weighted by Crippen LogP contribution is 2.25. The van der Waals surface area contributed by atoms with Crippen LogP contribution in [-0.2, 0) is 11.3 Å². The molecule has 144 valence electrons. The van der Waals surface area contributed by atoms with Crippen molar-refractivity contribution in [2.75, 3.05) is 27.8 Å². The Morgan fingerprint density at radius 1 is 1.19 bits per heavy atom. The smallest absolute Gasteiger partial charge is 0.191 e. The van der Waals surface area contributed by atoms with Crippen LogP contribution in [0.15, 0.2) is 34.6 Å². The quantitative estimate of drug-likeness (QED) is 0.353. The van der Waals surface area contributed by atoms with E-state index in [-0.39, 0.29) is 29.6 Å². The molecule has 2 rings (SSSR count). The summed E-state index contributed by atoms with van der Waals surface area (Å²) in [4.78, 5) is 8.90. The van der Waals surface area contributed by atoms with Gasteiger partial charge >= 0.3 is 0 Å². The lowest BCUT2D eigenvalue weighted by Crippen LogP contribution is -2.45. The Bertz CT molecular complexity index is 701. The topological polar surface area (TPSA) is 67.8 Å². The molecule has 0 radical (unpaired) electrons. The molecule has 0 fully saturated rings. The third-order valence-electron chi connectivity index (χ3n) is 3.78. The summed E-state index contributed by atoms with van der Waals surface area (Å²) < 4.78 is 10.6. The molecule has 0 aliphatic carbocycles. The summed E-state index contributed by atoms with van der Waals surface area (Å²) in [5, 5.41) is 9.57. The first-order chi connectivity index (χ1) is 12.0. The zero-order chi connectivity index (χ0) is 18.3. The maximum absolute atomic E-state index is 5.40. The summed E-state index contributed by atoms with van der Waals surface area (Å²) in [7, 11) is 5.11. The largest absolute Gasteiger partial charge is 0.497 e. The van der Waals surface area contributed by atoms with Crippen LogP contribution in [0.1, 0.15) is 19.5 Å². The van der Waals surface area contributed by atoms with Crippen LogP contribution < -0.4 is 15.4 Å². The molecule has 1 aromatic heterocycles. The molecule has 0 atom stereocenters. The van der Waals surface area contributed by atoms with E-state index in [1.165, 1.54) is 0 Å². The molecule has 0 bridgehead atoms. The highest BCUT2D eigenvalue weighted by molar-refractivity contribution is 14.0. The molecule has 1 heterocycles. The van der Waals surface area contributed by atoms with Crippen LogP contribution >= 0.6 is 35.3 Å². The average Bonchev–Trinajstić information content (AvgIpc) is 3.11. The fourth-order valence-corrected chi connectivity index (χ4v) is 2.84. The van der Waals surface area contributed by atoms with Gasteiger partial charge in [-0.2, -0.15) is 0 Å². The molecule has 0 aliphatic rings. The fourth-order valence-electron chi connectivity index (χ4n) is 2.02. The van der Waals surface area contributed by atoms with Crippen LogP contribution in [-0.4, -0.2) is 44.4 Å². The van der Waals surface area contributed by atoms with Crippen molar-refractivity contribution in [1.82, 2.24) is 15.6 Å². The Hall–Kier alpha value is -1.39. The number of aliphatic imine (C=N–C) groups is 1. The first-order valence-electron chi connectivity index (χ1n) is 8.06. The number of hydrogen-bond acceptors (Lipinski definition) is 5. The second-order valence-corrected chi connectivity index (χ2v) is 6.97. The second-order valence-electron chi connectivity index (χ2n) is 6.12. The highest BCUT2D eigenvalue weighted by atomic mass is 127. The molecule has 6 nitrogen and oxygen atoms in total. The van der Waals surface area contributed by atoms with Crippen molar-refractivity contribution >= 4 is 41.3 Å². The molecular weight excluding hydrogens is 463 g/mol. The average molecular weight is 490 g/mol. The molecule has 8 heteroatoms. The predicted molar refractivity (Wildman–Crippen MR) is 119 cm³/mol. The number of methoxy groups -OCH3 is 2. The van der Waals surface area contributed by atoms with Crippen LogP contribution in [0, 0.1) is 0 Å². The Balaban J connectivity index is 0.00000338. The fraction of sp³-hybridized carbons (Fsp3) is 0.444. The van der Waals surface area contributed by atoms with E-state index in [0.717, 1.165) is 28.0 Å². The molecule has 0 saturated heterocycles. The van der Waals surface area contributed by atoms with Crippen LogP contribution in [0.25, 0.3) is 10.6 Å². The zero-order valence-electron chi connectivity index (χ0n) is 15.8. The van der Waals surface area contributed by atoms with Crippen LogP contribution in [0.2, 0.25) is 0 Å². The van der Waals surface area contributed by atoms with E-state index >= 15 is 0 Å². The van der Waals surface area contributed by atoms with Gasteiger partial charge in [0, 0.05) is 31.6 Å². The van der Waals surface area contributed by atoms with Gasteiger partial charge in [-0.1, -0.05) is 0 Å². The number of rotatable bonds is 7. The van der Waals surface area contributed by atoms with Crippen LogP contribution in [0.4, 0.5) is 0 Å². The molecule has 0 aliphatic heterocycles. The van der Waals surface area contributed by atoms with Gasteiger partial charge in [0.1, 0.15) is 10.8 Å². The maximum atomic E-state index is 5.40. The summed E-state index contributed by atoms with van der Waals surface area (Å²) >= 11 is 1.62. The van der Waals surface area contributed by atoms with E-state index in [9.17, 15) is 0 Å². The van der Waals surface area contributed by atoms with E-state index in [2.05, 4.69) is 26.0 Å². The Kier molecular flexibility index (Phi) is 9.31. The first kappa shape index (κ1) is 22.7. The molecule has 1 aromatic carbocycles. The highest BCUT2D eigenvalue weighted by Gasteiger charge is 2.16. The van der Waals surface area contributed by atoms with E-state index in [1.54, 1.807) is 32.6 Å². The summed E-state index contributed by atoms with van der Waals surface area (Å²) in [5.74, 6) is 1.57. The monoisotopic (exact) mass is 490 g/mol. The summed E-state index contributed by atoms with van der Waals surface area (Å²) in [6.45, 7) is 5.32. The van der Waals surface area contributed by atoms with Gasteiger partial charge in [-0.25, -0.2) is 4.98 Å². The zero-order valence-corrected chi connectivity index (χ0v) is 19.0. The minimum absolute atomic E-state index is 0. The predicted octanol–water partition coefficient (Wildman–Crippen LogP) is 3.53. The van der Waals surface area contributed by atoms with Crippen molar-refractivity contribution in [3.63, 3.8) is 0 Å². The van der Waals surface area contributed by atoms with Crippen molar-refractivity contribution in [2.24, 2.45) is 4.99 Å². The van der Waals surface area contributed by atoms with E-state index < -0.39 is 0 Å². The van der Waals surface area contributed by atoms with Crippen LogP contribution in [0.3, 0.4) is 0 Å². The van der Waals surface area contributed by atoms with Gasteiger partial charge in [-0.3, -0.25) is 4.99 Å². The SMILES string of the molecule is CN=C(NCc1csc(-c2ccc(OC)cc2)n1)NCC(C)(C)OC.I. The van der Waals surface area contributed by atoms with Crippen molar-refractivity contribution in [2.45, 2.75) is 26.0 Å². The van der Waals surface area contributed by atoms with Crippen LogP contribution in [0.5, 0.6) is 5.75 Å². The Morgan fingerprint density at radius 2 is 1.88 bits per heavy atom. The molecule has 0 spiro atoms. The van der Waals surface area contributed by atoms with Crippen molar-refractivity contribution in [1.29, 1.82) is 0 Å². The molecule has 0 saturated carbocycles.